The van der Waals surface area contributed by atoms with Crippen LogP contribution in [0, 0.1) is 6.92 Å². The van der Waals surface area contributed by atoms with Crippen LogP contribution in [-0.4, -0.2) is 82.3 Å². The molecule has 13 nitrogen and oxygen atoms in total. The third-order valence-electron chi connectivity index (χ3n) is 9.58. The number of hydrogen-bond donors (Lipinski definition) is 6. The van der Waals surface area contributed by atoms with Gasteiger partial charge in [0.25, 0.3) is 5.91 Å². The predicted octanol–water partition coefficient (Wildman–Crippen LogP) is 5.99. The summed E-state index contributed by atoms with van der Waals surface area (Å²) in [5.74, 6) is -1.22. The number of halogens is 1. The molecule has 0 radical (unpaired) electrons. The third-order valence-corrected chi connectivity index (χ3v) is 10.1. The summed E-state index contributed by atoms with van der Waals surface area (Å²) in [6, 6.07) is 22.3. The van der Waals surface area contributed by atoms with Gasteiger partial charge in [-0.1, -0.05) is 48.5 Å². The SMILES string of the molecule is CNC(=O)COc1nc(O[C@H]2CCc3c(-c4cccc(-c5ccc(OCCCC[C@@H](O)CC(=O)O)cc5)c4C)cccc32)c(Br)cc1CNC[C@@H](O)CC(=O)O. The zero-order valence-corrected chi connectivity index (χ0v) is 33.0. The molecule has 4 aromatic rings. The maximum atomic E-state index is 12.0. The summed E-state index contributed by atoms with van der Waals surface area (Å²) in [6.45, 7) is 2.57. The number of nitrogens with zero attached hydrogens (tertiary/aromatic N) is 1. The van der Waals surface area contributed by atoms with Crippen molar-refractivity contribution >= 4 is 33.8 Å². The van der Waals surface area contributed by atoms with Gasteiger partial charge in [0.1, 0.15) is 11.9 Å². The van der Waals surface area contributed by atoms with E-state index in [0.717, 1.165) is 52.0 Å². The lowest BCUT2D eigenvalue weighted by molar-refractivity contribution is -0.140. The Balaban J connectivity index is 1.28. The fourth-order valence-corrected chi connectivity index (χ4v) is 7.21. The number of ether oxygens (including phenoxy) is 3. The number of carboxylic acid groups (broad SMARTS) is 2. The summed E-state index contributed by atoms with van der Waals surface area (Å²) >= 11 is 3.59. The highest BCUT2D eigenvalue weighted by Crippen LogP contribution is 2.43. The van der Waals surface area contributed by atoms with E-state index in [1.165, 1.54) is 12.6 Å². The fraction of sp³-hybridized carbons (Fsp3) is 0.381. The van der Waals surface area contributed by atoms with E-state index in [1.54, 1.807) is 6.07 Å². The van der Waals surface area contributed by atoms with Crippen LogP contribution in [0.1, 0.15) is 66.9 Å². The number of amides is 1. The number of rotatable bonds is 21. The smallest absolute Gasteiger partial charge is 0.306 e. The van der Waals surface area contributed by atoms with E-state index >= 15 is 0 Å². The second-order valence-corrected chi connectivity index (χ2v) is 14.6. The van der Waals surface area contributed by atoms with Crippen molar-refractivity contribution < 1.29 is 49.0 Å². The van der Waals surface area contributed by atoms with Crippen LogP contribution in [0.2, 0.25) is 0 Å². The van der Waals surface area contributed by atoms with Crippen LogP contribution in [0.3, 0.4) is 0 Å². The molecule has 0 saturated carbocycles. The lowest BCUT2D eigenvalue weighted by atomic mass is 9.89. The summed E-state index contributed by atoms with van der Waals surface area (Å²) in [6.07, 6.45) is 0.501. The Labute approximate surface area is 334 Å². The molecule has 0 unspecified atom stereocenters. The van der Waals surface area contributed by atoms with Gasteiger partial charge >= 0.3 is 11.9 Å². The monoisotopic (exact) mass is 833 g/mol. The predicted molar refractivity (Wildman–Crippen MR) is 213 cm³/mol. The minimum Gasteiger partial charge on any atom is -0.494 e. The number of fused-ring (bicyclic) bond motifs is 1. The Morgan fingerprint density at radius 1 is 0.893 bits per heavy atom. The Kier molecular flexibility index (Phi) is 15.2. The van der Waals surface area contributed by atoms with Gasteiger partial charge in [0.05, 0.1) is 36.1 Å². The van der Waals surface area contributed by atoms with Crippen molar-refractivity contribution in [3.63, 3.8) is 0 Å². The maximum absolute atomic E-state index is 12.0. The van der Waals surface area contributed by atoms with Crippen molar-refractivity contribution in [2.45, 2.75) is 76.7 Å². The largest absolute Gasteiger partial charge is 0.494 e. The molecule has 3 atom stereocenters. The quantitative estimate of drug-likeness (QED) is 0.0538. The first-order valence-electron chi connectivity index (χ1n) is 18.6. The summed E-state index contributed by atoms with van der Waals surface area (Å²) in [7, 11) is 1.51. The number of benzene rings is 3. The molecule has 0 spiro atoms. The lowest BCUT2D eigenvalue weighted by Crippen LogP contribution is -2.29. The number of aliphatic hydroxyl groups excluding tert-OH is 2. The second-order valence-electron chi connectivity index (χ2n) is 13.7. The third kappa shape index (κ3) is 11.5. The highest BCUT2D eigenvalue weighted by atomic mass is 79.9. The molecule has 0 fully saturated rings. The summed E-state index contributed by atoms with van der Waals surface area (Å²) < 4.78 is 18.8. The summed E-state index contributed by atoms with van der Waals surface area (Å²) in [4.78, 5) is 38.3. The first-order valence-corrected chi connectivity index (χ1v) is 19.4. The van der Waals surface area contributed by atoms with Crippen molar-refractivity contribution in [1.29, 1.82) is 0 Å². The maximum Gasteiger partial charge on any atom is 0.306 e. The molecule has 6 N–H and O–H groups in total. The molecule has 14 heteroatoms. The molecule has 1 heterocycles. The number of aliphatic hydroxyl groups is 2. The molecule has 1 aliphatic rings. The molecule has 0 saturated heterocycles. The fourth-order valence-electron chi connectivity index (χ4n) is 6.75. The van der Waals surface area contributed by atoms with E-state index in [9.17, 15) is 24.6 Å². The molecule has 0 bridgehead atoms. The molecule has 5 rings (SSSR count). The molecule has 3 aromatic carbocycles. The number of hydrogen-bond acceptors (Lipinski definition) is 10. The van der Waals surface area contributed by atoms with Crippen LogP contribution < -0.4 is 24.8 Å². The molecule has 1 amide bonds. The van der Waals surface area contributed by atoms with Gasteiger partial charge in [-0.25, -0.2) is 0 Å². The van der Waals surface area contributed by atoms with Gasteiger partial charge in [-0.05, 0) is 112 Å². The first-order chi connectivity index (χ1) is 26.9. The number of unbranched alkanes of at least 4 members (excludes halogenated alkanes) is 1. The number of aliphatic carboxylic acids is 2. The van der Waals surface area contributed by atoms with Crippen LogP contribution in [0.5, 0.6) is 17.5 Å². The van der Waals surface area contributed by atoms with Gasteiger partial charge < -0.3 is 45.3 Å². The van der Waals surface area contributed by atoms with Crippen molar-refractivity contribution in [2.24, 2.45) is 0 Å². The highest BCUT2D eigenvalue weighted by molar-refractivity contribution is 9.10. The Morgan fingerprint density at radius 2 is 1.59 bits per heavy atom. The number of aromatic nitrogens is 1. The van der Waals surface area contributed by atoms with Gasteiger partial charge in [-0.2, -0.15) is 4.98 Å². The van der Waals surface area contributed by atoms with Crippen LogP contribution in [0.15, 0.2) is 71.2 Å². The normalized spacial score (nSPS) is 14.4. The number of likely N-dealkylation sites (N-methyl/N-ethyl adjacent to an activating group) is 1. The zero-order valence-electron chi connectivity index (χ0n) is 31.4. The average molecular weight is 835 g/mol. The van der Waals surface area contributed by atoms with Gasteiger partial charge in [-0.3, -0.25) is 14.4 Å². The van der Waals surface area contributed by atoms with Crippen molar-refractivity contribution in [2.75, 3.05) is 26.8 Å². The Morgan fingerprint density at radius 3 is 2.32 bits per heavy atom. The van der Waals surface area contributed by atoms with Crippen LogP contribution in [-0.2, 0) is 27.3 Å². The zero-order chi connectivity index (χ0) is 40.2. The van der Waals surface area contributed by atoms with Gasteiger partial charge in [0.2, 0.25) is 11.8 Å². The molecule has 56 heavy (non-hydrogen) atoms. The second kappa shape index (κ2) is 20.2. The van der Waals surface area contributed by atoms with Crippen LogP contribution in [0.25, 0.3) is 22.3 Å². The van der Waals surface area contributed by atoms with Crippen molar-refractivity contribution in [3.05, 3.63) is 93.5 Å². The summed E-state index contributed by atoms with van der Waals surface area (Å²) in [5.41, 5.74) is 8.41. The first kappa shape index (κ1) is 42.1. The van der Waals surface area contributed by atoms with Crippen molar-refractivity contribution in [3.8, 4) is 39.8 Å². The molecular formula is C42H48BrN3O10. The van der Waals surface area contributed by atoms with Crippen LogP contribution in [0.4, 0.5) is 0 Å². The Bertz CT molecular complexity index is 1990. The molecule has 1 aromatic heterocycles. The number of carboxylic acids is 2. The van der Waals surface area contributed by atoms with E-state index in [2.05, 4.69) is 68.8 Å². The summed E-state index contributed by atoms with van der Waals surface area (Å²) in [5, 5.41) is 43.0. The highest BCUT2D eigenvalue weighted by Gasteiger charge is 2.29. The van der Waals surface area contributed by atoms with Gasteiger partial charge in [0.15, 0.2) is 6.61 Å². The van der Waals surface area contributed by atoms with E-state index in [4.69, 9.17) is 24.4 Å². The molecule has 1 aliphatic carbocycles. The minimum absolute atomic E-state index is 0.0380. The van der Waals surface area contributed by atoms with Crippen molar-refractivity contribution in [1.82, 2.24) is 15.6 Å². The van der Waals surface area contributed by atoms with E-state index in [-0.39, 0.29) is 44.0 Å². The number of carbonyl (C=O) groups is 3. The lowest BCUT2D eigenvalue weighted by Gasteiger charge is -2.19. The number of carbonyl (C=O) groups excluding carboxylic acids is 1. The topological polar surface area (TPSA) is 197 Å². The van der Waals surface area contributed by atoms with Gasteiger partial charge in [0, 0.05) is 25.7 Å². The van der Waals surface area contributed by atoms with E-state index in [0.29, 0.717) is 41.8 Å². The van der Waals surface area contributed by atoms with Gasteiger partial charge in [-0.15, -0.1) is 0 Å². The number of pyridine rings is 1. The van der Waals surface area contributed by atoms with E-state index < -0.39 is 30.6 Å². The average Bonchev–Trinajstić information content (AvgIpc) is 3.57. The molecule has 0 aliphatic heterocycles. The van der Waals surface area contributed by atoms with Crippen LogP contribution >= 0.6 is 15.9 Å². The van der Waals surface area contributed by atoms with E-state index in [1.807, 2.05) is 30.3 Å². The minimum atomic E-state index is -1.10. The Hall–Kier alpha value is -5.02. The standard InChI is InChI=1S/C42H48BrN3O10/c1-25-31(26-12-14-30(15-13-26)54-18-4-3-7-28(47)20-39(50)51)8-5-9-32(25)33-10-6-11-35-34(33)16-17-37(35)56-42-36(43)19-27(22-45-23-29(48)21-40(52)53)41(46-42)55-24-38(49)44-2/h5-6,8-15,19,28-29,37,45,47-48H,3-4,7,16-18,20-24H2,1-2H3,(H,44,49)(H,50,51)(H,52,53)/t28-,29+,37+/m1/s1. The molecular weight excluding hydrogens is 786 g/mol. The number of nitrogens with one attached hydrogen (secondary N) is 2. The molecule has 298 valence electrons.